The van der Waals surface area contributed by atoms with Gasteiger partial charge in [0.05, 0.1) is 6.20 Å². The Balaban J connectivity index is 0.000000461. The summed E-state index contributed by atoms with van der Waals surface area (Å²) in [5.41, 5.74) is 0.856. The van der Waals surface area contributed by atoms with Gasteiger partial charge >= 0.3 is 0 Å². The fraction of sp³-hybridized carbons (Fsp3) is 0.300. The molecule has 0 radical (unpaired) electrons. The smallest absolute Gasteiger partial charge is 0.174 e. The van der Waals surface area contributed by atoms with E-state index >= 15 is 0 Å². The van der Waals surface area contributed by atoms with E-state index < -0.39 is 0 Å². The normalized spacial score (nSPS) is 9.07. The third-order valence-corrected chi connectivity index (χ3v) is 1.65. The van der Waals surface area contributed by atoms with E-state index in [9.17, 15) is 0 Å². The van der Waals surface area contributed by atoms with Crippen molar-refractivity contribution in [1.29, 1.82) is 0 Å². The van der Waals surface area contributed by atoms with Crippen LogP contribution < -0.4 is 5.32 Å². The maximum absolute atomic E-state index is 4.19. The second-order valence-corrected chi connectivity index (χ2v) is 2.38. The Hall–Kier alpha value is -1.71. The minimum absolute atomic E-state index is 0.716. The van der Waals surface area contributed by atoms with E-state index in [1.54, 1.807) is 19.4 Å². The lowest BCUT2D eigenvalue weighted by Crippen LogP contribution is -1.96. The fourth-order valence-electron chi connectivity index (χ4n) is 1.08. The number of fused-ring (bicyclic) bond motifs is 1. The first-order valence-corrected chi connectivity index (χ1v) is 4.66. The van der Waals surface area contributed by atoms with Gasteiger partial charge < -0.3 is 5.32 Å². The Bertz CT molecular complexity index is 395. The molecule has 0 atom stereocenters. The highest BCUT2D eigenvalue weighted by Crippen LogP contribution is 2.14. The molecular formula is C10H14N4. The second kappa shape index (κ2) is 5.11. The molecule has 1 N–H and O–H groups in total. The van der Waals surface area contributed by atoms with Crippen LogP contribution in [0, 0.1) is 0 Å². The molecule has 0 aliphatic carbocycles. The molecular weight excluding hydrogens is 176 g/mol. The van der Waals surface area contributed by atoms with Crippen molar-refractivity contribution in [3.05, 3.63) is 24.5 Å². The zero-order valence-electron chi connectivity index (χ0n) is 8.65. The highest BCUT2D eigenvalue weighted by atomic mass is 15.2. The van der Waals surface area contributed by atoms with Crippen LogP contribution in [0.25, 0.3) is 10.9 Å². The largest absolute Gasteiger partial charge is 0.370 e. The van der Waals surface area contributed by atoms with Gasteiger partial charge in [-0.05, 0) is 12.1 Å². The van der Waals surface area contributed by atoms with Crippen LogP contribution >= 0.6 is 0 Å². The molecule has 2 heterocycles. The van der Waals surface area contributed by atoms with Crippen molar-refractivity contribution in [1.82, 2.24) is 15.2 Å². The molecule has 0 spiro atoms. The Morgan fingerprint density at radius 3 is 2.79 bits per heavy atom. The van der Waals surface area contributed by atoms with Gasteiger partial charge in [0.15, 0.2) is 5.82 Å². The molecule has 4 heteroatoms. The van der Waals surface area contributed by atoms with Crippen molar-refractivity contribution in [3.63, 3.8) is 0 Å². The summed E-state index contributed by atoms with van der Waals surface area (Å²) in [6.45, 7) is 4.00. The Labute approximate surface area is 83.4 Å². The molecule has 0 unspecified atom stereocenters. The minimum atomic E-state index is 0.716. The van der Waals surface area contributed by atoms with E-state index in [0.29, 0.717) is 5.82 Å². The first kappa shape index (κ1) is 10.4. The fourth-order valence-corrected chi connectivity index (χ4v) is 1.08. The standard InChI is InChI=1S/C8H8N4.C2H6/c1-9-8-7-6(5-11-12-8)3-2-4-10-7;1-2/h2-5H,1H3,(H,9,12);1-2H3. The van der Waals surface area contributed by atoms with E-state index in [1.165, 1.54) is 0 Å². The van der Waals surface area contributed by atoms with E-state index in [0.717, 1.165) is 10.9 Å². The summed E-state index contributed by atoms with van der Waals surface area (Å²) in [6.07, 6.45) is 3.44. The Kier molecular flexibility index (Phi) is 3.79. The van der Waals surface area contributed by atoms with Gasteiger partial charge in [0, 0.05) is 18.6 Å². The van der Waals surface area contributed by atoms with Gasteiger partial charge in [-0.25, -0.2) is 0 Å². The van der Waals surface area contributed by atoms with Crippen LogP contribution in [0.1, 0.15) is 13.8 Å². The van der Waals surface area contributed by atoms with Gasteiger partial charge in [0.2, 0.25) is 0 Å². The molecule has 0 aromatic carbocycles. The molecule has 0 bridgehead atoms. The van der Waals surface area contributed by atoms with Crippen LogP contribution in [0.15, 0.2) is 24.5 Å². The average Bonchev–Trinajstić information content (AvgIpc) is 2.31. The third kappa shape index (κ3) is 1.96. The molecule has 0 aliphatic rings. The SMILES string of the molecule is CC.CNc1nncc2cccnc12. The number of hydrogen-bond acceptors (Lipinski definition) is 4. The van der Waals surface area contributed by atoms with Crippen LogP contribution in [-0.4, -0.2) is 22.2 Å². The molecule has 0 aliphatic heterocycles. The summed E-state index contributed by atoms with van der Waals surface area (Å²) in [5, 5.41) is 11.7. The van der Waals surface area contributed by atoms with Gasteiger partial charge in [-0.2, -0.15) is 5.10 Å². The zero-order valence-corrected chi connectivity index (χ0v) is 8.65. The molecule has 0 saturated heterocycles. The topological polar surface area (TPSA) is 50.7 Å². The van der Waals surface area contributed by atoms with Crippen molar-refractivity contribution < 1.29 is 0 Å². The first-order chi connectivity index (χ1) is 6.92. The number of nitrogens with zero attached hydrogens (tertiary/aromatic N) is 3. The molecule has 14 heavy (non-hydrogen) atoms. The van der Waals surface area contributed by atoms with Crippen LogP contribution in [0.5, 0.6) is 0 Å². The number of pyridine rings is 1. The summed E-state index contributed by atoms with van der Waals surface area (Å²) in [7, 11) is 1.80. The second-order valence-electron chi connectivity index (χ2n) is 2.38. The number of hydrogen-bond donors (Lipinski definition) is 1. The lowest BCUT2D eigenvalue weighted by Gasteiger charge is -2.00. The molecule has 4 nitrogen and oxygen atoms in total. The van der Waals surface area contributed by atoms with Crippen LogP contribution in [0.3, 0.4) is 0 Å². The van der Waals surface area contributed by atoms with E-state index in [1.807, 2.05) is 26.0 Å². The summed E-state index contributed by atoms with van der Waals surface area (Å²) in [5.74, 6) is 0.716. The van der Waals surface area contributed by atoms with Crippen molar-refractivity contribution >= 4 is 16.7 Å². The van der Waals surface area contributed by atoms with Crippen LogP contribution in [0.2, 0.25) is 0 Å². The Morgan fingerprint density at radius 1 is 1.29 bits per heavy atom. The van der Waals surface area contributed by atoms with Crippen LogP contribution in [-0.2, 0) is 0 Å². The van der Waals surface area contributed by atoms with Crippen LogP contribution in [0.4, 0.5) is 5.82 Å². The minimum Gasteiger partial charge on any atom is -0.370 e. The van der Waals surface area contributed by atoms with Gasteiger partial charge in [-0.1, -0.05) is 13.8 Å². The van der Waals surface area contributed by atoms with Gasteiger partial charge in [0.1, 0.15) is 5.52 Å². The van der Waals surface area contributed by atoms with Crippen molar-refractivity contribution in [2.45, 2.75) is 13.8 Å². The van der Waals surface area contributed by atoms with Gasteiger partial charge in [-0.15, -0.1) is 5.10 Å². The highest BCUT2D eigenvalue weighted by molar-refractivity contribution is 5.86. The zero-order chi connectivity index (χ0) is 10.4. The van der Waals surface area contributed by atoms with Gasteiger partial charge in [0.25, 0.3) is 0 Å². The summed E-state index contributed by atoms with van der Waals surface area (Å²) < 4.78 is 0. The monoisotopic (exact) mass is 190 g/mol. The third-order valence-electron chi connectivity index (χ3n) is 1.65. The predicted octanol–water partition coefficient (Wildman–Crippen LogP) is 2.09. The molecule has 0 amide bonds. The first-order valence-electron chi connectivity index (χ1n) is 4.66. The summed E-state index contributed by atoms with van der Waals surface area (Å²) in [6, 6.07) is 3.83. The number of nitrogens with one attached hydrogen (secondary N) is 1. The average molecular weight is 190 g/mol. The number of anilines is 1. The summed E-state index contributed by atoms with van der Waals surface area (Å²) in [4.78, 5) is 4.19. The molecule has 2 aromatic heterocycles. The molecule has 2 rings (SSSR count). The molecule has 2 aromatic rings. The molecule has 0 saturated carbocycles. The quantitative estimate of drug-likeness (QED) is 0.748. The molecule has 74 valence electrons. The van der Waals surface area contributed by atoms with Gasteiger partial charge in [-0.3, -0.25) is 4.98 Å². The molecule has 0 fully saturated rings. The number of rotatable bonds is 1. The van der Waals surface area contributed by atoms with Crippen molar-refractivity contribution in [3.8, 4) is 0 Å². The van der Waals surface area contributed by atoms with E-state index in [4.69, 9.17) is 0 Å². The lowest BCUT2D eigenvalue weighted by molar-refractivity contribution is 1.04. The highest BCUT2D eigenvalue weighted by Gasteiger charge is 1.99. The lowest BCUT2D eigenvalue weighted by atomic mass is 10.3. The predicted molar refractivity (Wildman–Crippen MR) is 58.2 cm³/mol. The van der Waals surface area contributed by atoms with Crippen molar-refractivity contribution in [2.24, 2.45) is 0 Å². The van der Waals surface area contributed by atoms with E-state index in [-0.39, 0.29) is 0 Å². The maximum Gasteiger partial charge on any atom is 0.174 e. The summed E-state index contributed by atoms with van der Waals surface area (Å²) >= 11 is 0. The van der Waals surface area contributed by atoms with E-state index in [2.05, 4.69) is 20.5 Å². The van der Waals surface area contributed by atoms with Crippen molar-refractivity contribution in [2.75, 3.05) is 12.4 Å². The number of aromatic nitrogens is 3. The Morgan fingerprint density at radius 2 is 2.07 bits per heavy atom. The maximum atomic E-state index is 4.19.